The normalized spacial score (nSPS) is 11.9. The Kier molecular flexibility index (Phi) is 9.40. The number of carbonyl (C=O) groups excluding carboxylic acids is 2. The van der Waals surface area contributed by atoms with E-state index in [-0.39, 0.29) is 23.0 Å². The molecule has 0 bridgehead atoms. The van der Waals surface area contributed by atoms with Crippen LogP contribution in [-0.2, 0) is 26.2 Å². The lowest BCUT2D eigenvalue weighted by molar-refractivity contribution is -0.139. The molecule has 0 radical (unpaired) electrons. The number of anilines is 1. The van der Waals surface area contributed by atoms with Crippen molar-refractivity contribution in [3.63, 3.8) is 0 Å². The van der Waals surface area contributed by atoms with Crippen LogP contribution in [0, 0.1) is 13.8 Å². The van der Waals surface area contributed by atoms with Gasteiger partial charge >= 0.3 is 0 Å². The molecule has 1 N–H and O–H groups in total. The molecular weight excluding hydrogens is 526 g/mol. The summed E-state index contributed by atoms with van der Waals surface area (Å²) in [5, 5.41) is 2.93. The van der Waals surface area contributed by atoms with Gasteiger partial charge in [0.05, 0.1) is 17.7 Å². The van der Waals surface area contributed by atoms with E-state index in [9.17, 15) is 18.0 Å². The molecule has 0 saturated heterocycles. The molecule has 202 valence electrons. The van der Waals surface area contributed by atoms with Gasteiger partial charge in [-0.3, -0.25) is 13.9 Å². The van der Waals surface area contributed by atoms with Crippen molar-refractivity contribution < 1.29 is 22.7 Å². The molecule has 0 fully saturated rings. The topological polar surface area (TPSA) is 96.0 Å². The summed E-state index contributed by atoms with van der Waals surface area (Å²) in [7, 11) is -1.12. The van der Waals surface area contributed by atoms with Crippen LogP contribution in [0.25, 0.3) is 0 Å². The molecular formula is C28H32ClN3O5S. The fourth-order valence-corrected chi connectivity index (χ4v) is 5.58. The number of rotatable bonds is 10. The number of halogens is 1. The second kappa shape index (κ2) is 12.3. The van der Waals surface area contributed by atoms with E-state index < -0.39 is 28.5 Å². The molecule has 0 unspecified atom stereocenters. The molecule has 0 spiro atoms. The van der Waals surface area contributed by atoms with Crippen molar-refractivity contribution in [2.45, 2.75) is 38.3 Å². The molecule has 10 heteroatoms. The zero-order valence-corrected chi connectivity index (χ0v) is 23.6. The standard InChI is InChI=1S/C28H32ClN3O5S/c1-19-9-15-24(16-10-19)38(35,36)32(26-8-6-7-25(29)20(26)2)18-27(33)31(21(3)28(34)30-4)17-22-11-13-23(37-5)14-12-22/h6-16,21H,17-18H2,1-5H3,(H,30,34)/t21-/m1/s1. The van der Waals surface area contributed by atoms with E-state index in [2.05, 4.69) is 5.32 Å². The zero-order chi connectivity index (χ0) is 28.0. The summed E-state index contributed by atoms with van der Waals surface area (Å²) in [4.78, 5) is 27.8. The molecule has 2 amide bonds. The van der Waals surface area contributed by atoms with Crippen molar-refractivity contribution in [3.05, 3.63) is 88.4 Å². The average Bonchev–Trinajstić information content (AvgIpc) is 2.91. The minimum Gasteiger partial charge on any atom is -0.497 e. The van der Waals surface area contributed by atoms with Gasteiger partial charge in [0.1, 0.15) is 18.3 Å². The van der Waals surface area contributed by atoms with Crippen LogP contribution in [-0.4, -0.2) is 51.9 Å². The maximum atomic E-state index is 13.9. The van der Waals surface area contributed by atoms with Crippen molar-refractivity contribution >= 4 is 39.1 Å². The Labute approximate surface area is 229 Å². The molecule has 8 nitrogen and oxygen atoms in total. The lowest BCUT2D eigenvalue weighted by Crippen LogP contribution is -2.50. The van der Waals surface area contributed by atoms with Crippen molar-refractivity contribution in [2.75, 3.05) is 25.0 Å². The van der Waals surface area contributed by atoms with Gasteiger partial charge in [-0.2, -0.15) is 0 Å². The van der Waals surface area contributed by atoms with E-state index in [1.807, 2.05) is 6.92 Å². The Morgan fingerprint density at radius 1 is 1.00 bits per heavy atom. The molecule has 0 aliphatic heterocycles. The highest BCUT2D eigenvalue weighted by Crippen LogP contribution is 2.31. The number of nitrogens with one attached hydrogen (secondary N) is 1. The summed E-state index contributed by atoms with van der Waals surface area (Å²) >= 11 is 6.34. The molecule has 0 aliphatic rings. The van der Waals surface area contributed by atoms with Gasteiger partial charge in [0.25, 0.3) is 10.0 Å². The van der Waals surface area contributed by atoms with E-state index >= 15 is 0 Å². The Morgan fingerprint density at radius 3 is 2.21 bits per heavy atom. The first-order chi connectivity index (χ1) is 18.0. The number of sulfonamides is 1. The third-order valence-electron chi connectivity index (χ3n) is 6.32. The smallest absolute Gasteiger partial charge is 0.264 e. The minimum atomic E-state index is -4.16. The van der Waals surface area contributed by atoms with Crippen LogP contribution >= 0.6 is 11.6 Å². The zero-order valence-electron chi connectivity index (χ0n) is 22.1. The monoisotopic (exact) mass is 557 g/mol. The number of ether oxygens (including phenoxy) is 1. The summed E-state index contributed by atoms with van der Waals surface area (Å²) in [6.07, 6.45) is 0. The number of aryl methyl sites for hydroxylation is 1. The van der Waals surface area contributed by atoms with Gasteiger partial charge in [0.15, 0.2) is 0 Å². The number of likely N-dealkylation sites (N-methyl/N-ethyl adjacent to an activating group) is 1. The lowest BCUT2D eigenvalue weighted by Gasteiger charge is -2.32. The van der Waals surface area contributed by atoms with Crippen LogP contribution in [0.4, 0.5) is 5.69 Å². The van der Waals surface area contributed by atoms with Gasteiger partial charge in [-0.25, -0.2) is 8.42 Å². The molecule has 0 heterocycles. The summed E-state index contributed by atoms with van der Waals surface area (Å²) in [5.74, 6) is -0.275. The highest BCUT2D eigenvalue weighted by molar-refractivity contribution is 7.92. The second-order valence-electron chi connectivity index (χ2n) is 8.87. The minimum absolute atomic E-state index is 0.0383. The number of carbonyl (C=O) groups is 2. The second-order valence-corrected chi connectivity index (χ2v) is 11.1. The molecule has 3 aromatic carbocycles. The van der Waals surface area contributed by atoms with Gasteiger partial charge in [-0.15, -0.1) is 0 Å². The van der Waals surface area contributed by atoms with Gasteiger partial charge in [-0.1, -0.05) is 47.5 Å². The molecule has 38 heavy (non-hydrogen) atoms. The molecule has 1 atom stereocenters. The average molecular weight is 558 g/mol. The lowest BCUT2D eigenvalue weighted by atomic mass is 10.1. The van der Waals surface area contributed by atoms with Crippen molar-refractivity contribution in [2.24, 2.45) is 0 Å². The summed E-state index contributed by atoms with van der Waals surface area (Å²) in [6, 6.07) is 17.5. The third kappa shape index (κ3) is 6.46. The Morgan fingerprint density at radius 2 is 1.63 bits per heavy atom. The summed E-state index contributed by atoms with van der Waals surface area (Å²) < 4.78 is 34.0. The largest absolute Gasteiger partial charge is 0.497 e. The van der Waals surface area contributed by atoms with E-state index in [0.717, 1.165) is 15.4 Å². The quantitative estimate of drug-likeness (QED) is 0.400. The van der Waals surface area contributed by atoms with Crippen LogP contribution < -0.4 is 14.4 Å². The SMILES string of the molecule is CNC(=O)[C@@H](C)N(Cc1ccc(OC)cc1)C(=O)CN(c1cccc(Cl)c1C)S(=O)(=O)c1ccc(C)cc1. The maximum absolute atomic E-state index is 13.9. The fourth-order valence-electron chi connectivity index (χ4n) is 3.94. The highest BCUT2D eigenvalue weighted by atomic mass is 35.5. The van der Waals surface area contributed by atoms with Gasteiger partial charge in [0.2, 0.25) is 11.8 Å². The van der Waals surface area contributed by atoms with Crippen molar-refractivity contribution in [1.82, 2.24) is 10.2 Å². The van der Waals surface area contributed by atoms with Crippen LogP contribution in [0.15, 0.2) is 71.6 Å². The Hall–Kier alpha value is -3.56. The Balaban J connectivity index is 2.06. The van der Waals surface area contributed by atoms with Crippen molar-refractivity contribution in [3.8, 4) is 5.75 Å². The Bertz CT molecular complexity index is 1390. The summed E-state index contributed by atoms with van der Waals surface area (Å²) in [5.41, 5.74) is 2.44. The number of benzene rings is 3. The van der Waals surface area contributed by atoms with E-state index in [1.165, 1.54) is 24.1 Å². The number of nitrogens with zero attached hydrogens (tertiary/aromatic N) is 2. The first-order valence-electron chi connectivity index (χ1n) is 12.0. The number of hydrogen-bond donors (Lipinski definition) is 1. The molecule has 0 aromatic heterocycles. The van der Waals surface area contributed by atoms with Gasteiger partial charge in [-0.05, 0) is 68.3 Å². The first kappa shape index (κ1) is 29.0. The molecule has 3 rings (SSSR count). The number of amides is 2. The highest BCUT2D eigenvalue weighted by Gasteiger charge is 2.33. The number of hydrogen-bond acceptors (Lipinski definition) is 5. The van der Waals surface area contributed by atoms with Gasteiger partial charge in [0, 0.05) is 18.6 Å². The van der Waals surface area contributed by atoms with Gasteiger partial charge < -0.3 is 15.0 Å². The maximum Gasteiger partial charge on any atom is 0.264 e. The molecule has 0 aliphatic carbocycles. The van der Waals surface area contributed by atoms with E-state index in [0.29, 0.717) is 16.3 Å². The fraction of sp³-hybridized carbons (Fsp3) is 0.286. The summed E-state index contributed by atoms with van der Waals surface area (Å²) in [6.45, 7) is 4.71. The van der Waals surface area contributed by atoms with Crippen LogP contribution in [0.2, 0.25) is 5.02 Å². The van der Waals surface area contributed by atoms with Crippen LogP contribution in [0.5, 0.6) is 5.75 Å². The van der Waals surface area contributed by atoms with E-state index in [4.69, 9.17) is 16.3 Å². The van der Waals surface area contributed by atoms with Crippen molar-refractivity contribution in [1.29, 1.82) is 0 Å². The molecule has 3 aromatic rings. The predicted octanol–water partition coefficient (Wildman–Crippen LogP) is 4.32. The van der Waals surface area contributed by atoms with Crippen LogP contribution in [0.3, 0.4) is 0 Å². The van der Waals surface area contributed by atoms with Crippen LogP contribution in [0.1, 0.15) is 23.6 Å². The predicted molar refractivity (Wildman–Crippen MR) is 149 cm³/mol. The van der Waals surface area contributed by atoms with E-state index in [1.54, 1.807) is 75.6 Å². The molecule has 0 saturated carbocycles. The number of methoxy groups -OCH3 is 1. The first-order valence-corrected chi connectivity index (χ1v) is 13.8. The third-order valence-corrected chi connectivity index (χ3v) is 8.50.